The van der Waals surface area contributed by atoms with Gasteiger partial charge in [0.25, 0.3) is 5.91 Å². The number of furan rings is 1. The number of benzene rings is 1. The van der Waals surface area contributed by atoms with Gasteiger partial charge in [0.1, 0.15) is 0 Å². The predicted octanol–water partition coefficient (Wildman–Crippen LogP) is 2.30. The smallest absolute Gasteiger partial charge is 0.291 e. The van der Waals surface area contributed by atoms with Crippen molar-refractivity contribution in [1.82, 2.24) is 5.32 Å². The number of nitrogens with one attached hydrogen (secondary N) is 2. The Morgan fingerprint density at radius 2 is 1.87 bits per heavy atom. The standard InChI is InChI=1S/C16H18BrN3O3/c17-14-7-6-13(23-14)16(22)20-12-4-2-11(3-5-12)10-15(21)19-9-1-8-18/h2-7H,1,8-10,18H2,(H,19,21)(H,20,22). The molecular formula is C16H18BrN3O3. The third kappa shape index (κ3) is 5.54. The molecule has 1 aromatic heterocycles. The Morgan fingerprint density at radius 3 is 2.48 bits per heavy atom. The van der Waals surface area contributed by atoms with Gasteiger partial charge >= 0.3 is 0 Å². The molecule has 0 bridgehead atoms. The summed E-state index contributed by atoms with van der Waals surface area (Å²) in [7, 11) is 0. The van der Waals surface area contributed by atoms with Crippen LogP contribution in [0.3, 0.4) is 0 Å². The second-order valence-corrected chi connectivity index (χ2v) is 5.71. The van der Waals surface area contributed by atoms with E-state index < -0.39 is 0 Å². The lowest BCUT2D eigenvalue weighted by Crippen LogP contribution is -2.27. The van der Waals surface area contributed by atoms with Gasteiger partial charge in [0.15, 0.2) is 10.4 Å². The van der Waals surface area contributed by atoms with Crippen molar-refractivity contribution in [2.24, 2.45) is 5.73 Å². The van der Waals surface area contributed by atoms with Crippen LogP contribution in [0, 0.1) is 0 Å². The first-order chi connectivity index (χ1) is 11.1. The fourth-order valence-corrected chi connectivity index (χ4v) is 2.22. The Hall–Kier alpha value is -2.12. The molecule has 4 N–H and O–H groups in total. The van der Waals surface area contributed by atoms with Crippen molar-refractivity contribution >= 4 is 33.4 Å². The first-order valence-electron chi connectivity index (χ1n) is 7.21. The summed E-state index contributed by atoms with van der Waals surface area (Å²) in [5.41, 5.74) is 6.88. The number of amides is 2. The molecule has 1 aromatic carbocycles. The van der Waals surface area contributed by atoms with Crippen LogP contribution < -0.4 is 16.4 Å². The molecule has 0 atom stereocenters. The van der Waals surface area contributed by atoms with Gasteiger partial charge in [0.2, 0.25) is 5.91 Å². The SMILES string of the molecule is NCCCNC(=O)Cc1ccc(NC(=O)c2ccc(Br)o2)cc1. The van der Waals surface area contributed by atoms with Crippen molar-refractivity contribution in [2.75, 3.05) is 18.4 Å². The number of carbonyl (C=O) groups is 2. The van der Waals surface area contributed by atoms with E-state index >= 15 is 0 Å². The van der Waals surface area contributed by atoms with Gasteiger partial charge in [-0.3, -0.25) is 9.59 Å². The first-order valence-corrected chi connectivity index (χ1v) is 8.00. The molecule has 122 valence electrons. The van der Waals surface area contributed by atoms with E-state index in [1.54, 1.807) is 36.4 Å². The molecule has 0 unspecified atom stereocenters. The molecule has 0 aliphatic heterocycles. The summed E-state index contributed by atoms with van der Waals surface area (Å²) in [6.07, 6.45) is 1.06. The van der Waals surface area contributed by atoms with Gasteiger partial charge in [-0.1, -0.05) is 12.1 Å². The third-order valence-electron chi connectivity index (χ3n) is 3.08. The van der Waals surface area contributed by atoms with Gasteiger partial charge < -0.3 is 20.8 Å². The van der Waals surface area contributed by atoms with Gasteiger partial charge in [-0.25, -0.2) is 0 Å². The lowest BCUT2D eigenvalue weighted by atomic mass is 10.1. The van der Waals surface area contributed by atoms with E-state index in [0.717, 1.165) is 12.0 Å². The minimum Gasteiger partial charge on any atom is -0.444 e. The molecule has 0 fully saturated rings. The third-order valence-corrected chi connectivity index (χ3v) is 3.50. The van der Waals surface area contributed by atoms with Gasteiger partial charge in [-0.2, -0.15) is 0 Å². The molecule has 0 radical (unpaired) electrons. The Kier molecular flexibility index (Phi) is 6.37. The second-order valence-electron chi connectivity index (χ2n) is 4.92. The Labute approximate surface area is 142 Å². The molecular weight excluding hydrogens is 362 g/mol. The highest BCUT2D eigenvalue weighted by molar-refractivity contribution is 9.10. The molecule has 1 heterocycles. The van der Waals surface area contributed by atoms with E-state index in [2.05, 4.69) is 26.6 Å². The molecule has 6 nitrogen and oxygen atoms in total. The normalized spacial score (nSPS) is 10.3. The number of carbonyl (C=O) groups excluding carboxylic acids is 2. The van der Waals surface area contributed by atoms with Crippen LogP contribution in [0.2, 0.25) is 0 Å². The minimum atomic E-state index is -0.331. The zero-order valence-electron chi connectivity index (χ0n) is 12.5. The topological polar surface area (TPSA) is 97.4 Å². The monoisotopic (exact) mass is 379 g/mol. The van der Waals surface area contributed by atoms with Crippen LogP contribution in [0.25, 0.3) is 0 Å². The number of rotatable bonds is 7. The molecule has 2 amide bonds. The molecule has 7 heteroatoms. The maximum atomic E-state index is 11.9. The lowest BCUT2D eigenvalue weighted by molar-refractivity contribution is -0.120. The van der Waals surface area contributed by atoms with Crippen molar-refractivity contribution in [3.8, 4) is 0 Å². The predicted molar refractivity (Wildman–Crippen MR) is 91.2 cm³/mol. The minimum absolute atomic E-state index is 0.0457. The van der Waals surface area contributed by atoms with E-state index in [9.17, 15) is 9.59 Å². The summed E-state index contributed by atoms with van der Waals surface area (Å²) in [6.45, 7) is 1.14. The molecule has 23 heavy (non-hydrogen) atoms. The van der Waals surface area contributed by atoms with Crippen molar-refractivity contribution in [2.45, 2.75) is 12.8 Å². The largest absolute Gasteiger partial charge is 0.444 e. The molecule has 0 saturated carbocycles. The summed E-state index contributed by atoms with van der Waals surface area (Å²) in [6, 6.07) is 10.3. The van der Waals surface area contributed by atoms with Crippen molar-refractivity contribution in [1.29, 1.82) is 0 Å². The van der Waals surface area contributed by atoms with Crippen molar-refractivity contribution in [3.63, 3.8) is 0 Å². The molecule has 0 aliphatic rings. The van der Waals surface area contributed by atoms with Crippen LogP contribution in [-0.2, 0) is 11.2 Å². The Balaban J connectivity index is 1.87. The number of anilines is 1. The fourth-order valence-electron chi connectivity index (χ4n) is 1.91. The highest BCUT2D eigenvalue weighted by Crippen LogP contribution is 2.16. The first kappa shape index (κ1) is 17.2. The van der Waals surface area contributed by atoms with Crippen LogP contribution in [0.15, 0.2) is 45.5 Å². The van der Waals surface area contributed by atoms with Crippen molar-refractivity contribution in [3.05, 3.63) is 52.4 Å². The van der Waals surface area contributed by atoms with Crippen LogP contribution in [0.4, 0.5) is 5.69 Å². The van der Waals surface area contributed by atoms with E-state index in [4.69, 9.17) is 10.2 Å². The van der Waals surface area contributed by atoms with E-state index in [1.807, 2.05) is 0 Å². The maximum absolute atomic E-state index is 11.9. The number of nitrogens with two attached hydrogens (primary N) is 1. The zero-order valence-corrected chi connectivity index (χ0v) is 14.1. The van der Waals surface area contributed by atoms with Crippen LogP contribution in [0.5, 0.6) is 0 Å². The molecule has 0 saturated heterocycles. The van der Waals surface area contributed by atoms with E-state index in [1.165, 1.54) is 0 Å². The van der Waals surface area contributed by atoms with Crippen LogP contribution in [0.1, 0.15) is 22.5 Å². The summed E-state index contributed by atoms with van der Waals surface area (Å²) < 4.78 is 5.68. The molecule has 2 rings (SSSR count). The number of halogens is 1. The fraction of sp³-hybridized carbons (Fsp3) is 0.250. The van der Waals surface area contributed by atoms with Crippen LogP contribution in [-0.4, -0.2) is 24.9 Å². The van der Waals surface area contributed by atoms with E-state index in [0.29, 0.717) is 29.9 Å². The van der Waals surface area contributed by atoms with E-state index in [-0.39, 0.29) is 17.6 Å². The highest BCUT2D eigenvalue weighted by atomic mass is 79.9. The van der Waals surface area contributed by atoms with Gasteiger partial charge in [0.05, 0.1) is 6.42 Å². The quantitative estimate of drug-likeness (QED) is 0.642. The second kappa shape index (κ2) is 8.50. The lowest BCUT2D eigenvalue weighted by Gasteiger charge is -2.06. The average molecular weight is 380 g/mol. The maximum Gasteiger partial charge on any atom is 0.291 e. The molecule has 2 aromatic rings. The molecule has 0 spiro atoms. The van der Waals surface area contributed by atoms with Gasteiger partial charge in [-0.15, -0.1) is 0 Å². The Morgan fingerprint density at radius 1 is 1.13 bits per heavy atom. The summed E-state index contributed by atoms with van der Waals surface area (Å²) in [5, 5.41) is 5.52. The number of hydrogen-bond acceptors (Lipinski definition) is 4. The number of hydrogen-bond donors (Lipinski definition) is 3. The average Bonchev–Trinajstić information content (AvgIpc) is 2.96. The van der Waals surface area contributed by atoms with Gasteiger partial charge in [-0.05, 0) is 58.7 Å². The van der Waals surface area contributed by atoms with Crippen LogP contribution >= 0.6 is 15.9 Å². The van der Waals surface area contributed by atoms with Crippen molar-refractivity contribution < 1.29 is 14.0 Å². The zero-order chi connectivity index (χ0) is 16.7. The summed E-state index contributed by atoms with van der Waals surface area (Å²) >= 11 is 3.15. The summed E-state index contributed by atoms with van der Waals surface area (Å²) in [4.78, 5) is 23.6. The summed E-state index contributed by atoms with van der Waals surface area (Å²) in [5.74, 6) is -0.154. The van der Waals surface area contributed by atoms with Gasteiger partial charge in [0, 0.05) is 12.2 Å². The molecule has 0 aliphatic carbocycles. The Bertz CT molecular complexity index is 667. The highest BCUT2D eigenvalue weighted by Gasteiger charge is 2.10.